The molecule has 14 heavy (non-hydrogen) atoms. The molecule has 0 aliphatic rings. The van der Waals surface area contributed by atoms with E-state index < -0.39 is 11.9 Å². The molecule has 0 saturated heterocycles. The standard InChI is InChI=1S/C8H10N4OS/c9-7(13)6(8(10)14)12-5-2-1-3-11-4-5/h1-4,6,12H,(H2,9,13)(H2,10,14)/t6-/m1/s1. The van der Waals surface area contributed by atoms with Gasteiger partial charge in [0.25, 0.3) is 0 Å². The van der Waals surface area contributed by atoms with Crippen molar-refractivity contribution < 1.29 is 4.79 Å². The third-order valence-corrected chi connectivity index (χ3v) is 1.78. The summed E-state index contributed by atoms with van der Waals surface area (Å²) in [5.74, 6) is -0.610. The topological polar surface area (TPSA) is 94.0 Å². The fourth-order valence-corrected chi connectivity index (χ4v) is 1.07. The van der Waals surface area contributed by atoms with E-state index in [0.29, 0.717) is 5.69 Å². The fourth-order valence-electron chi connectivity index (χ4n) is 0.897. The van der Waals surface area contributed by atoms with Crippen LogP contribution >= 0.6 is 12.2 Å². The summed E-state index contributed by atoms with van der Waals surface area (Å²) in [6.45, 7) is 0. The molecule has 0 aliphatic heterocycles. The number of nitrogens with zero attached hydrogens (tertiary/aromatic N) is 1. The number of nitrogens with one attached hydrogen (secondary N) is 1. The molecular weight excluding hydrogens is 200 g/mol. The normalized spacial score (nSPS) is 11.7. The molecule has 74 valence electrons. The first-order chi connectivity index (χ1) is 6.61. The lowest BCUT2D eigenvalue weighted by atomic mass is 10.2. The van der Waals surface area contributed by atoms with E-state index in [2.05, 4.69) is 22.5 Å². The lowest BCUT2D eigenvalue weighted by Crippen LogP contribution is -2.44. The highest BCUT2D eigenvalue weighted by atomic mass is 32.1. The average molecular weight is 210 g/mol. The van der Waals surface area contributed by atoms with Crippen LogP contribution in [-0.4, -0.2) is 21.9 Å². The second kappa shape index (κ2) is 4.52. The Morgan fingerprint density at radius 1 is 1.57 bits per heavy atom. The number of carbonyl (C=O) groups is 1. The molecule has 0 radical (unpaired) electrons. The van der Waals surface area contributed by atoms with Gasteiger partial charge in [-0.15, -0.1) is 0 Å². The predicted molar refractivity (Wildman–Crippen MR) is 57.6 cm³/mol. The molecule has 1 amide bonds. The van der Waals surface area contributed by atoms with Crippen molar-refractivity contribution in [3.63, 3.8) is 0 Å². The van der Waals surface area contributed by atoms with Crippen LogP contribution < -0.4 is 16.8 Å². The number of anilines is 1. The number of thiocarbonyl (C=S) groups is 1. The molecule has 5 N–H and O–H groups in total. The molecule has 0 aromatic carbocycles. The predicted octanol–water partition coefficient (Wildman–Crippen LogP) is -0.367. The first kappa shape index (κ1) is 10.4. The van der Waals surface area contributed by atoms with Gasteiger partial charge in [-0.2, -0.15) is 0 Å². The number of rotatable bonds is 4. The molecule has 0 saturated carbocycles. The number of nitrogens with two attached hydrogens (primary N) is 2. The van der Waals surface area contributed by atoms with Crippen molar-refractivity contribution >= 4 is 28.8 Å². The summed E-state index contributed by atoms with van der Waals surface area (Å²) in [5.41, 5.74) is 11.1. The highest BCUT2D eigenvalue weighted by molar-refractivity contribution is 7.80. The highest BCUT2D eigenvalue weighted by Gasteiger charge is 2.17. The Kier molecular flexibility index (Phi) is 3.35. The van der Waals surface area contributed by atoms with Crippen molar-refractivity contribution in [2.45, 2.75) is 6.04 Å². The van der Waals surface area contributed by atoms with Crippen LogP contribution in [0, 0.1) is 0 Å². The Morgan fingerprint density at radius 3 is 2.71 bits per heavy atom. The van der Waals surface area contributed by atoms with Crippen molar-refractivity contribution in [1.29, 1.82) is 0 Å². The minimum Gasteiger partial charge on any atom is -0.391 e. The number of primary amides is 1. The first-order valence-electron chi connectivity index (χ1n) is 3.86. The van der Waals surface area contributed by atoms with Crippen LogP contribution in [0.4, 0.5) is 5.69 Å². The van der Waals surface area contributed by atoms with Gasteiger partial charge in [0.15, 0.2) is 6.04 Å². The smallest absolute Gasteiger partial charge is 0.247 e. The second-order valence-electron chi connectivity index (χ2n) is 2.62. The van der Waals surface area contributed by atoms with Gasteiger partial charge in [0.1, 0.15) is 4.99 Å². The molecule has 1 rings (SSSR count). The number of pyridine rings is 1. The van der Waals surface area contributed by atoms with Crippen LogP contribution in [0.3, 0.4) is 0 Å². The van der Waals surface area contributed by atoms with E-state index >= 15 is 0 Å². The van der Waals surface area contributed by atoms with Gasteiger partial charge in [-0.25, -0.2) is 0 Å². The molecule has 1 aromatic heterocycles. The van der Waals surface area contributed by atoms with Gasteiger partial charge in [0, 0.05) is 12.4 Å². The molecule has 1 aromatic rings. The summed E-state index contributed by atoms with van der Waals surface area (Å²) < 4.78 is 0. The molecule has 1 heterocycles. The Labute approximate surface area is 86.5 Å². The van der Waals surface area contributed by atoms with Gasteiger partial charge in [-0.05, 0) is 12.1 Å². The zero-order valence-electron chi connectivity index (χ0n) is 7.31. The Hall–Kier alpha value is -1.69. The highest BCUT2D eigenvalue weighted by Crippen LogP contribution is 2.04. The van der Waals surface area contributed by atoms with Crippen molar-refractivity contribution in [1.82, 2.24) is 4.98 Å². The molecule has 6 heteroatoms. The second-order valence-corrected chi connectivity index (χ2v) is 3.10. The van der Waals surface area contributed by atoms with Crippen molar-refractivity contribution in [2.24, 2.45) is 11.5 Å². The number of hydrogen-bond acceptors (Lipinski definition) is 4. The molecule has 0 aliphatic carbocycles. The zero-order chi connectivity index (χ0) is 10.6. The summed E-state index contributed by atoms with van der Waals surface area (Å²) in [5, 5.41) is 2.77. The van der Waals surface area contributed by atoms with Crippen LogP contribution in [-0.2, 0) is 4.79 Å². The van der Waals surface area contributed by atoms with Crippen LogP contribution in [0.15, 0.2) is 24.5 Å². The van der Waals surface area contributed by atoms with Crippen molar-refractivity contribution in [3.8, 4) is 0 Å². The number of aromatic nitrogens is 1. The van der Waals surface area contributed by atoms with Crippen LogP contribution in [0.2, 0.25) is 0 Å². The molecule has 0 fully saturated rings. The first-order valence-corrected chi connectivity index (χ1v) is 4.27. The summed E-state index contributed by atoms with van der Waals surface area (Å²) in [6.07, 6.45) is 3.17. The van der Waals surface area contributed by atoms with E-state index in [4.69, 9.17) is 11.5 Å². The van der Waals surface area contributed by atoms with E-state index in [9.17, 15) is 4.79 Å². The van der Waals surface area contributed by atoms with Crippen molar-refractivity contribution in [3.05, 3.63) is 24.5 Å². The van der Waals surface area contributed by atoms with Crippen LogP contribution in [0.5, 0.6) is 0 Å². The lowest BCUT2D eigenvalue weighted by Gasteiger charge is -2.14. The summed E-state index contributed by atoms with van der Waals surface area (Å²) in [6, 6.07) is 2.62. The molecule has 0 unspecified atom stereocenters. The van der Waals surface area contributed by atoms with Gasteiger partial charge < -0.3 is 16.8 Å². The van der Waals surface area contributed by atoms with E-state index in [-0.39, 0.29) is 4.99 Å². The van der Waals surface area contributed by atoms with Crippen LogP contribution in [0.1, 0.15) is 0 Å². The minimum absolute atomic E-state index is 0.0151. The maximum Gasteiger partial charge on any atom is 0.247 e. The Balaban J connectivity index is 2.75. The zero-order valence-corrected chi connectivity index (χ0v) is 8.12. The Bertz CT molecular complexity index is 326. The average Bonchev–Trinajstić information content (AvgIpc) is 2.15. The van der Waals surface area contributed by atoms with Gasteiger partial charge in [-0.1, -0.05) is 12.2 Å². The Morgan fingerprint density at radius 2 is 2.29 bits per heavy atom. The number of carbonyl (C=O) groups excluding carboxylic acids is 1. The number of amides is 1. The fraction of sp³-hybridized carbons (Fsp3) is 0.125. The van der Waals surface area contributed by atoms with Gasteiger partial charge in [0.05, 0.1) is 5.69 Å². The van der Waals surface area contributed by atoms with Crippen LogP contribution in [0.25, 0.3) is 0 Å². The minimum atomic E-state index is -0.839. The largest absolute Gasteiger partial charge is 0.391 e. The molecule has 5 nitrogen and oxygen atoms in total. The van der Waals surface area contributed by atoms with Gasteiger partial charge in [0.2, 0.25) is 5.91 Å². The van der Waals surface area contributed by atoms with Gasteiger partial charge >= 0.3 is 0 Å². The quantitative estimate of drug-likeness (QED) is 0.590. The van der Waals surface area contributed by atoms with Crippen molar-refractivity contribution in [2.75, 3.05) is 5.32 Å². The van der Waals surface area contributed by atoms with E-state index in [1.165, 1.54) is 0 Å². The SMILES string of the molecule is NC(=O)[C@@H](Nc1cccnc1)C(N)=S. The third kappa shape index (κ3) is 2.67. The van der Waals surface area contributed by atoms with Gasteiger partial charge in [-0.3, -0.25) is 9.78 Å². The lowest BCUT2D eigenvalue weighted by molar-refractivity contribution is -0.117. The molecule has 0 spiro atoms. The summed E-state index contributed by atoms with van der Waals surface area (Å²) in [4.78, 5) is 14.8. The monoisotopic (exact) mass is 210 g/mol. The maximum absolute atomic E-state index is 10.9. The van der Waals surface area contributed by atoms with E-state index in [1.54, 1.807) is 24.5 Å². The molecule has 1 atom stereocenters. The molecule has 0 bridgehead atoms. The number of hydrogen-bond donors (Lipinski definition) is 3. The summed E-state index contributed by atoms with van der Waals surface area (Å²) >= 11 is 4.69. The third-order valence-electron chi connectivity index (χ3n) is 1.54. The van der Waals surface area contributed by atoms with E-state index in [0.717, 1.165) is 0 Å². The molecular formula is C8H10N4OS. The maximum atomic E-state index is 10.9. The van der Waals surface area contributed by atoms with E-state index in [1.807, 2.05) is 0 Å². The summed E-state index contributed by atoms with van der Waals surface area (Å²) in [7, 11) is 0.